The number of rotatable bonds is 6. The number of amides is 1. The minimum absolute atomic E-state index is 0.242. The molecule has 27 heavy (non-hydrogen) atoms. The smallest absolute Gasteiger partial charge is 0.270 e. The summed E-state index contributed by atoms with van der Waals surface area (Å²) >= 11 is 0. The molecule has 0 aliphatic carbocycles. The van der Waals surface area contributed by atoms with Gasteiger partial charge in [-0.3, -0.25) is 4.79 Å². The topological polar surface area (TPSA) is 73.4 Å². The maximum atomic E-state index is 12.1. The number of aromatic nitrogens is 2. The average Bonchev–Trinajstić information content (AvgIpc) is 2.67. The Morgan fingerprint density at radius 3 is 2.56 bits per heavy atom. The average molecular weight is 366 g/mol. The standard InChI is InChI=1S/C20H26N6O/c1-4-9-21-19(27)18-14-15(2)22-20(24-18)23-16-5-7-17(8-6-16)26-12-10-25(3)11-13-26/h4-8,14H,1,9-13H2,2-3H3,(H,21,27)(H,22,23,24). The third-order valence-electron chi connectivity index (χ3n) is 4.49. The van der Waals surface area contributed by atoms with Crippen molar-refractivity contribution in [1.29, 1.82) is 0 Å². The largest absolute Gasteiger partial charge is 0.369 e. The van der Waals surface area contributed by atoms with E-state index in [-0.39, 0.29) is 5.91 Å². The molecule has 1 saturated heterocycles. The molecular weight excluding hydrogens is 340 g/mol. The van der Waals surface area contributed by atoms with Crippen molar-refractivity contribution < 1.29 is 4.79 Å². The zero-order valence-corrected chi connectivity index (χ0v) is 15.9. The van der Waals surface area contributed by atoms with Gasteiger partial charge in [0.2, 0.25) is 5.95 Å². The van der Waals surface area contributed by atoms with Gasteiger partial charge < -0.3 is 20.4 Å². The highest BCUT2D eigenvalue weighted by Crippen LogP contribution is 2.21. The predicted octanol–water partition coefficient (Wildman–Crippen LogP) is 2.20. The van der Waals surface area contributed by atoms with Crippen LogP contribution in [0.5, 0.6) is 0 Å². The lowest BCUT2D eigenvalue weighted by molar-refractivity contribution is 0.0953. The molecule has 0 spiro atoms. The van der Waals surface area contributed by atoms with Crippen LogP contribution in [0.4, 0.5) is 17.3 Å². The molecule has 7 heteroatoms. The van der Waals surface area contributed by atoms with E-state index in [1.54, 1.807) is 12.1 Å². The van der Waals surface area contributed by atoms with E-state index < -0.39 is 0 Å². The fraction of sp³-hybridized carbons (Fsp3) is 0.350. The minimum Gasteiger partial charge on any atom is -0.369 e. The highest BCUT2D eigenvalue weighted by atomic mass is 16.1. The molecule has 1 aromatic carbocycles. The Balaban J connectivity index is 1.69. The van der Waals surface area contributed by atoms with Crippen molar-refractivity contribution in [3.63, 3.8) is 0 Å². The summed E-state index contributed by atoms with van der Waals surface area (Å²) in [6.07, 6.45) is 1.63. The summed E-state index contributed by atoms with van der Waals surface area (Å²) in [4.78, 5) is 25.5. The lowest BCUT2D eigenvalue weighted by Gasteiger charge is -2.34. The first-order valence-corrected chi connectivity index (χ1v) is 9.10. The number of nitrogens with zero attached hydrogens (tertiary/aromatic N) is 4. The number of aryl methyl sites for hydroxylation is 1. The Labute approximate surface area is 160 Å². The van der Waals surface area contributed by atoms with E-state index in [0.29, 0.717) is 18.2 Å². The molecule has 1 aliphatic rings. The van der Waals surface area contributed by atoms with Gasteiger partial charge in [-0.2, -0.15) is 0 Å². The summed E-state index contributed by atoms with van der Waals surface area (Å²) in [6, 6.07) is 9.88. The van der Waals surface area contributed by atoms with Crippen molar-refractivity contribution in [3.8, 4) is 0 Å². The van der Waals surface area contributed by atoms with E-state index in [9.17, 15) is 4.79 Å². The van der Waals surface area contributed by atoms with Crippen molar-refractivity contribution >= 4 is 23.2 Å². The molecule has 0 atom stereocenters. The number of nitrogens with one attached hydrogen (secondary N) is 2. The lowest BCUT2D eigenvalue weighted by Crippen LogP contribution is -2.44. The zero-order valence-electron chi connectivity index (χ0n) is 15.9. The fourth-order valence-corrected chi connectivity index (χ4v) is 2.95. The van der Waals surface area contributed by atoms with Gasteiger partial charge in [0.05, 0.1) is 0 Å². The van der Waals surface area contributed by atoms with Gasteiger partial charge in [-0.15, -0.1) is 6.58 Å². The van der Waals surface area contributed by atoms with Crippen LogP contribution >= 0.6 is 0 Å². The van der Waals surface area contributed by atoms with Gasteiger partial charge in [-0.25, -0.2) is 9.97 Å². The second kappa shape index (κ2) is 8.64. The number of benzene rings is 1. The molecular formula is C20H26N6O. The number of anilines is 3. The SMILES string of the molecule is C=CCNC(=O)c1cc(C)nc(Nc2ccc(N3CCN(C)CC3)cc2)n1. The van der Waals surface area contributed by atoms with Gasteiger partial charge in [0.25, 0.3) is 5.91 Å². The van der Waals surface area contributed by atoms with E-state index in [2.05, 4.69) is 56.2 Å². The van der Waals surface area contributed by atoms with Gasteiger partial charge in [0.15, 0.2) is 0 Å². The molecule has 0 saturated carbocycles. The van der Waals surface area contributed by atoms with E-state index in [0.717, 1.165) is 37.6 Å². The van der Waals surface area contributed by atoms with Crippen LogP contribution in [0.2, 0.25) is 0 Å². The van der Waals surface area contributed by atoms with Crippen LogP contribution in [-0.2, 0) is 0 Å². The zero-order chi connectivity index (χ0) is 19.2. The fourth-order valence-electron chi connectivity index (χ4n) is 2.95. The second-order valence-corrected chi connectivity index (χ2v) is 6.68. The number of carbonyl (C=O) groups excluding carboxylic acids is 1. The van der Waals surface area contributed by atoms with Gasteiger partial charge in [-0.1, -0.05) is 6.08 Å². The van der Waals surface area contributed by atoms with Gasteiger partial charge in [0.1, 0.15) is 5.69 Å². The number of piperazine rings is 1. The van der Waals surface area contributed by atoms with Crippen molar-refractivity contribution in [2.75, 3.05) is 50.0 Å². The van der Waals surface area contributed by atoms with E-state index >= 15 is 0 Å². The summed E-state index contributed by atoms with van der Waals surface area (Å²) < 4.78 is 0. The maximum absolute atomic E-state index is 12.1. The van der Waals surface area contributed by atoms with Gasteiger partial charge in [0, 0.05) is 49.8 Å². The molecule has 1 aromatic heterocycles. The molecule has 0 radical (unpaired) electrons. The summed E-state index contributed by atoms with van der Waals surface area (Å²) in [5.41, 5.74) is 3.16. The first kappa shape index (κ1) is 18.8. The van der Waals surface area contributed by atoms with Crippen LogP contribution in [-0.4, -0.2) is 60.5 Å². The van der Waals surface area contributed by atoms with E-state index in [1.807, 2.05) is 19.1 Å². The molecule has 3 rings (SSSR count). The first-order valence-electron chi connectivity index (χ1n) is 9.10. The third kappa shape index (κ3) is 5.04. The molecule has 2 N–H and O–H groups in total. The number of hydrogen-bond donors (Lipinski definition) is 2. The summed E-state index contributed by atoms with van der Waals surface area (Å²) in [6.45, 7) is 10.1. The number of likely N-dealkylation sites (N-methyl/N-ethyl adjacent to an activating group) is 1. The van der Waals surface area contributed by atoms with Crippen molar-refractivity contribution in [1.82, 2.24) is 20.2 Å². The Bertz CT molecular complexity index is 797. The van der Waals surface area contributed by atoms with Crippen LogP contribution in [0.15, 0.2) is 43.0 Å². The Hall–Kier alpha value is -2.93. The van der Waals surface area contributed by atoms with Crippen molar-refractivity contribution in [2.45, 2.75) is 6.92 Å². The second-order valence-electron chi connectivity index (χ2n) is 6.68. The molecule has 2 aromatic rings. The lowest BCUT2D eigenvalue weighted by atomic mass is 10.2. The minimum atomic E-state index is -0.242. The van der Waals surface area contributed by atoms with Crippen LogP contribution in [0.25, 0.3) is 0 Å². The van der Waals surface area contributed by atoms with Crippen LogP contribution in [0, 0.1) is 6.92 Å². The number of carbonyl (C=O) groups is 1. The maximum Gasteiger partial charge on any atom is 0.270 e. The molecule has 0 bridgehead atoms. The molecule has 1 amide bonds. The highest BCUT2D eigenvalue weighted by Gasteiger charge is 2.14. The molecule has 142 valence electrons. The van der Waals surface area contributed by atoms with E-state index in [1.165, 1.54) is 5.69 Å². The Kier molecular flexibility index (Phi) is 6.03. The summed E-state index contributed by atoms with van der Waals surface area (Å²) in [5.74, 6) is 0.167. The molecule has 1 aliphatic heterocycles. The monoisotopic (exact) mass is 366 g/mol. The van der Waals surface area contributed by atoms with Gasteiger partial charge in [-0.05, 0) is 44.3 Å². The van der Waals surface area contributed by atoms with Crippen LogP contribution < -0.4 is 15.5 Å². The van der Waals surface area contributed by atoms with Crippen molar-refractivity contribution in [2.24, 2.45) is 0 Å². The van der Waals surface area contributed by atoms with Crippen LogP contribution in [0.1, 0.15) is 16.2 Å². The predicted molar refractivity (Wildman–Crippen MR) is 109 cm³/mol. The Morgan fingerprint density at radius 1 is 1.19 bits per heavy atom. The normalized spacial score (nSPS) is 14.7. The third-order valence-corrected chi connectivity index (χ3v) is 4.49. The summed E-state index contributed by atoms with van der Waals surface area (Å²) in [7, 11) is 2.15. The number of hydrogen-bond acceptors (Lipinski definition) is 6. The van der Waals surface area contributed by atoms with Crippen LogP contribution in [0.3, 0.4) is 0 Å². The molecule has 7 nitrogen and oxygen atoms in total. The van der Waals surface area contributed by atoms with E-state index in [4.69, 9.17) is 0 Å². The molecule has 1 fully saturated rings. The van der Waals surface area contributed by atoms with Gasteiger partial charge >= 0.3 is 0 Å². The molecule has 2 heterocycles. The highest BCUT2D eigenvalue weighted by molar-refractivity contribution is 5.92. The quantitative estimate of drug-likeness (QED) is 0.764. The van der Waals surface area contributed by atoms with Crippen molar-refractivity contribution in [3.05, 3.63) is 54.4 Å². The Morgan fingerprint density at radius 2 is 1.89 bits per heavy atom. The first-order chi connectivity index (χ1) is 13.0. The molecule has 0 unspecified atom stereocenters. The summed E-state index contributed by atoms with van der Waals surface area (Å²) in [5, 5.41) is 5.91.